The van der Waals surface area contributed by atoms with Gasteiger partial charge >= 0.3 is 5.97 Å². The number of aromatic nitrogens is 1. The summed E-state index contributed by atoms with van der Waals surface area (Å²) in [5.41, 5.74) is 2.25. The molecule has 0 fully saturated rings. The first-order valence-electron chi connectivity index (χ1n) is 6.28. The lowest BCUT2D eigenvalue weighted by atomic mass is 10.1. The number of carbonyl (C=O) groups is 1. The van der Waals surface area contributed by atoms with Crippen LogP contribution < -0.4 is 0 Å². The van der Waals surface area contributed by atoms with Gasteiger partial charge < -0.3 is 9.52 Å². The smallest absolute Gasteiger partial charge is 0.347 e. The molecule has 0 radical (unpaired) electrons. The maximum Gasteiger partial charge on any atom is 0.347 e. The molecule has 0 unspecified atom stereocenters. The van der Waals surface area contributed by atoms with Gasteiger partial charge in [-0.15, -0.1) is 11.3 Å². The largest absolute Gasteiger partial charge is 0.477 e. The molecule has 1 N–H and O–H groups in total. The summed E-state index contributed by atoms with van der Waals surface area (Å²) in [6.45, 7) is 3.89. The van der Waals surface area contributed by atoms with Crippen LogP contribution in [0.15, 0.2) is 34.9 Å². The maximum atomic E-state index is 11.3. The number of thiazole rings is 1. The van der Waals surface area contributed by atoms with Crippen LogP contribution in [-0.2, 0) is 0 Å². The van der Waals surface area contributed by atoms with Crippen molar-refractivity contribution >= 4 is 28.3 Å². The van der Waals surface area contributed by atoms with Gasteiger partial charge in [0.2, 0.25) is 0 Å². The van der Waals surface area contributed by atoms with Crippen molar-refractivity contribution in [2.75, 3.05) is 0 Å². The van der Waals surface area contributed by atoms with Crippen LogP contribution in [0.3, 0.4) is 0 Å². The van der Waals surface area contributed by atoms with Crippen LogP contribution in [-0.4, -0.2) is 16.1 Å². The second-order valence-electron chi connectivity index (χ2n) is 4.84. The third-order valence-corrected chi connectivity index (χ3v) is 4.20. The highest BCUT2D eigenvalue weighted by molar-refractivity contribution is 7.17. The SMILES string of the molecule is CC(C)c1nc(-c2coc3ccccc23)sc1C(=O)O. The summed E-state index contributed by atoms with van der Waals surface area (Å²) in [5.74, 6) is -0.852. The number of benzene rings is 1. The third kappa shape index (κ3) is 2.00. The highest BCUT2D eigenvalue weighted by Gasteiger charge is 2.21. The molecule has 3 aromatic rings. The normalized spacial score (nSPS) is 11.3. The lowest BCUT2D eigenvalue weighted by Crippen LogP contribution is -2.00. The van der Waals surface area contributed by atoms with Crippen molar-refractivity contribution in [1.82, 2.24) is 4.98 Å². The van der Waals surface area contributed by atoms with E-state index in [-0.39, 0.29) is 5.92 Å². The number of rotatable bonds is 3. The number of hydrogen-bond acceptors (Lipinski definition) is 4. The highest BCUT2D eigenvalue weighted by atomic mass is 32.1. The van der Waals surface area contributed by atoms with E-state index in [1.807, 2.05) is 38.1 Å². The summed E-state index contributed by atoms with van der Waals surface area (Å²) in [6.07, 6.45) is 1.64. The van der Waals surface area contributed by atoms with Crippen LogP contribution >= 0.6 is 11.3 Å². The lowest BCUT2D eigenvalue weighted by molar-refractivity contribution is 0.0700. The molecule has 0 saturated heterocycles. The van der Waals surface area contributed by atoms with E-state index in [2.05, 4.69) is 4.98 Å². The molecule has 0 aliphatic rings. The van der Waals surface area contributed by atoms with Gasteiger partial charge in [-0.05, 0) is 12.0 Å². The summed E-state index contributed by atoms with van der Waals surface area (Å²) < 4.78 is 5.49. The molecular weight excluding hydrogens is 274 g/mol. The van der Waals surface area contributed by atoms with Gasteiger partial charge in [0.05, 0.1) is 11.3 Å². The molecule has 2 heterocycles. The molecule has 0 spiro atoms. The fourth-order valence-electron chi connectivity index (χ4n) is 2.14. The van der Waals surface area contributed by atoms with Crippen LogP contribution in [0.1, 0.15) is 35.1 Å². The predicted molar refractivity (Wildman–Crippen MR) is 78.4 cm³/mol. The molecule has 3 rings (SSSR count). The molecule has 0 bridgehead atoms. The summed E-state index contributed by atoms with van der Waals surface area (Å²) in [5, 5.41) is 10.9. The Kier molecular flexibility index (Phi) is 3.06. The third-order valence-electron chi connectivity index (χ3n) is 3.11. The van der Waals surface area contributed by atoms with E-state index in [0.29, 0.717) is 15.6 Å². The van der Waals surface area contributed by atoms with E-state index in [0.717, 1.165) is 16.5 Å². The van der Waals surface area contributed by atoms with Crippen molar-refractivity contribution in [3.05, 3.63) is 41.1 Å². The average Bonchev–Trinajstić information content (AvgIpc) is 3.02. The van der Waals surface area contributed by atoms with Gasteiger partial charge in [-0.2, -0.15) is 0 Å². The van der Waals surface area contributed by atoms with E-state index in [9.17, 15) is 9.90 Å². The van der Waals surface area contributed by atoms with Gasteiger partial charge in [-0.25, -0.2) is 9.78 Å². The molecule has 4 nitrogen and oxygen atoms in total. The Labute approximate surface area is 119 Å². The van der Waals surface area contributed by atoms with E-state index in [1.54, 1.807) is 6.26 Å². The topological polar surface area (TPSA) is 63.3 Å². The molecule has 20 heavy (non-hydrogen) atoms. The van der Waals surface area contributed by atoms with Crippen LogP contribution in [0.4, 0.5) is 0 Å². The first kappa shape index (κ1) is 12.9. The molecule has 0 amide bonds. The summed E-state index contributed by atoms with van der Waals surface area (Å²) in [4.78, 5) is 16.1. The predicted octanol–water partition coefficient (Wildman–Crippen LogP) is 4.38. The summed E-state index contributed by atoms with van der Waals surface area (Å²) >= 11 is 1.20. The zero-order valence-corrected chi connectivity index (χ0v) is 11.9. The van der Waals surface area contributed by atoms with Crippen LogP contribution in [0.25, 0.3) is 21.5 Å². The van der Waals surface area contributed by atoms with Crippen LogP contribution in [0.5, 0.6) is 0 Å². The Morgan fingerprint density at radius 2 is 2.10 bits per heavy atom. The molecule has 0 aliphatic carbocycles. The van der Waals surface area contributed by atoms with Gasteiger partial charge in [-0.3, -0.25) is 0 Å². The number of hydrogen-bond donors (Lipinski definition) is 1. The molecule has 2 aromatic heterocycles. The van der Waals surface area contributed by atoms with Gasteiger partial charge in [0.1, 0.15) is 21.7 Å². The second-order valence-corrected chi connectivity index (χ2v) is 5.84. The van der Waals surface area contributed by atoms with Crippen molar-refractivity contribution in [3.63, 3.8) is 0 Å². The minimum Gasteiger partial charge on any atom is -0.477 e. The Balaban J connectivity index is 2.20. The minimum absolute atomic E-state index is 0.0734. The molecule has 5 heteroatoms. The van der Waals surface area contributed by atoms with Gasteiger partial charge in [0.15, 0.2) is 0 Å². The Bertz CT molecular complexity index is 785. The number of nitrogens with zero attached hydrogens (tertiary/aromatic N) is 1. The van der Waals surface area contributed by atoms with Gasteiger partial charge in [-0.1, -0.05) is 32.0 Å². The zero-order chi connectivity index (χ0) is 14.3. The molecular formula is C15H13NO3S. The molecule has 0 saturated carbocycles. The molecule has 102 valence electrons. The Morgan fingerprint density at radius 1 is 1.35 bits per heavy atom. The van der Waals surface area contributed by atoms with Crippen molar-refractivity contribution in [2.45, 2.75) is 19.8 Å². The Morgan fingerprint density at radius 3 is 2.75 bits per heavy atom. The standard InChI is InChI=1S/C15H13NO3S/c1-8(2)12-13(15(17)18)20-14(16-12)10-7-19-11-6-4-3-5-9(10)11/h3-8H,1-2H3,(H,17,18). The van der Waals surface area contributed by atoms with Crippen molar-refractivity contribution in [1.29, 1.82) is 0 Å². The first-order chi connectivity index (χ1) is 9.58. The fraction of sp³-hybridized carbons (Fsp3) is 0.200. The summed E-state index contributed by atoms with van der Waals surface area (Å²) in [6, 6.07) is 7.66. The van der Waals surface area contributed by atoms with E-state index in [4.69, 9.17) is 4.42 Å². The van der Waals surface area contributed by atoms with Crippen molar-refractivity contribution < 1.29 is 14.3 Å². The fourth-order valence-corrected chi connectivity index (χ4v) is 3.21. The highest BCUT2D eigenvalue weighted by Crippen LogP contribution is 2.36. The second kappa shape index (κ2) is 4.76. The maximum absolute atomic E-state index is 11.3. The number of carboxylic acid groups (broad SMARTS) is 1. The number of fused-ring (bicyclic) bond motifs is 1. The number of para-hydroxylation sites is 1. The first-order valence-corrected chi connectivity index (χ1v) is 7.10. The van der Waals surface area contributed by atoms with E-state index < -0.39 is 5.97 Å². The van der Waals surface area contributed by atoms with Crippen LogP contribution in [0, 0.1) is 0 Å². The monoisotopic (exact) mass is 287 g/mol. The van der Waals surface area contributed by atoms with Gasteiger partial charge in [0, 0.05) is 5.39 Å². The summed E-state index contributed by atoms with van der Waals surface area (Å²) in [7, 11) is 0. The molecule has 1 aromatic carbocycles. The zero-order valence-electron chi connectivity index (χ0n) is 11.1. The van der Waals surface area contributed by atoms with Gasteiger partial charge in [0.25, 0.3) is 0 Å². The molecule has 0 aliphatic heterocycles. The Hall–Kier alpha value is -2.14. The van der Waals surface area contributed by atoms with E-state index >= 15 is 0 Å². The number of carboxylic acids is 1. The number of furan rings is 1. The van der Waals surface area contributed by atoms with E-state index in [1.165, 1.54) is 11.3 Å². The average molecular weight is 287 g/mol. The minimum atomic E-state index is -0.926. The quantitative estimate of drug-likeness (QED) is 0.776. The number of aromatic carboxylic acids is 1. The molecule has 0 atom stereocenters. The van der Waals surface area contributed by atoms with Crippen LogP contribution in [0.2, 0.25) is 0 Å². The van der Waals surface area contributed by atoms with Crippen molar-refractivity contribution in [2.24, 2.45) is 0 Å². The lowest BCUT2D eigenvalue weighted by Gasteiger charge is -2.00. The van der Waals surface area contributed by atoms with Crippen molar-refractivity contribution in [3.8, 4) is 10.6 Å².